The first kappa shape index (κ1) is 28.0. The predicted molar refractivity (Wildman–Crippen MR) is 151 cm³/mol. The van der Waals surface area contributed by atoms with E-state index in [0.29, 0.717) is 43.2 Å². The molecule has 2 aromatic rings. The lowest BCUT2D eigenvalue weighted by Gasteiger charge is -2.58. The van der Waals surface area contributed by atoms with Gasteiger partial charge in [-0.25, -0.2) is 0 Å². The molecule has 0 unspecified atom stereocenters. The van der Waals surface area contributed by atoms with Crippen LogP contribution in [0, 0.1) is 22.7 Å². The van der Waals surface area contributed by atoms with Crippen LogP contribution in [-0.4, -0.2) is 36.7 Å². The first-order valence-electron chi connectivity index (χ1n) is 14.4. The summed E-state index contributed by atoms with van der Waals surface area (Å²) in [7, 11) is 1.43. The number of allylic oxidation sites excluding steroid dienone is 1. The van der Waals surface area contributed by atoms with Crippen molar-refractivity contribution in [3.05, 3.63) is 82.9 Å². The van der Waals surface area contributed by atoms with E-state index in [4.69, 9.17) is 9.47 Å². The second kappa shape index (κ2) is 11.1. The van der Waals surface area contributed by atoms with Crippen LogP contribution in [0.5, 0.6) is 0 Å². The molecule has 6 nitrogen and oxygen atoms in total. The Kier molecular flexibility index (Phi) is 7.80. The molecule has 0 spiro atoms. The van der Waals surface area contributed by atoms with Gasteiger partial charge in [-0.05, 0) is 73.0 Å². The molecular formula is C34H38O6. The fourth-order valence-corrected chi connectivity index (χ4v) is 7.59. The maximum absolute atomic E-state index is 13.0. The monoisotopic (exact) mass is 542 g/mol. The van der Waals surface area contributed by atoms with E-state index in [2.05, 4.69) is 13.8 Å². The molecule has 3 aliphatic rings. The van der Waals surface area contributed by atoms with Gasteiger partial charge in [0.15, 0.2) is 11.6 Å². The summed E-state index contributed by atoms with van der Waals surface area (Å²) in [4.78, 5) is 51.0. The first-order valence-corrected chi connectivity index (χ1v) is 14.4. The van der Waals surface area contributed by atoms with Crippen LogP contribution < -0.4 is 0 Å². The van der Waals surface area contributed by atoms with Crippen LogP contribution in [-0.2, 0) is 30.3 Å². The molecule has 2 aromatic carbocycles. The molecule has 0 bridgehead atoms. The molecule has 5 atom stereocenters. The summed E-state index contributed by atoms with van der Waals surface area (Å²) in [6.45, 7) is 4.32. The maximum Gasteiger partial charge on any atom is 0.315 e. The lowest BCUT2D eigenvalue weighted by molar-refractivity contribution is -0.163. The van der Waals surface area contributed by atoms with Crippen molar-refractivity contribution in [2.45, 2.75) is 71.3 Å². The van der Waals surface area contributed by atoms with E-state index in [0.717, 1.165) is 24.0 Å². The molecule has 0 radical (unpaired) electrons. The van der Waals surface area contributed by atoms with Gasteiger partial charge in [0.25, 0.3) is 0 Å². The van der Waals surface area contributed by atoms with Gasteiger partial charge in [-0.15, -0.1) is 0 Å². The third kappa shape index (κ3) is 5.04. The van der Waals surface area contributed by atoms with Gasteiger partial charge in [-0.2, -0.15) is 0 Å². The Morgan fingerprint density at radius 2 is 1.62 bits per heavy atom. The lowest BCUT2D eigenvalue weighted by atomic mass is 9.46. The summed E-state index contributed by atoms with van der Waals surface area (Å²) < 4.78 is 11.3. The van der Waals surface area contributed by atoms with Crippen LogP contribution in [0.2, 0.25) is 0 Å². The number of esters is 2. The molecule has 6 heteroatoms. The second-order valence-electron chi connectivity index (χ2n) is 12.0. The van der Waals surface area contributed by atoms with E-state index in [1.165, 1.54) is 7.11 Å². The van der Waals surface area contributed by atoms with Gasteiger partial charge in [-0.3, -0.25) is 19.2 Å². The zero-order valence-corrected chi connectivity index (χ0v) is 23.6. The maximum atomic E-state index is 13.0. The molecule has 0 saturated heterocycles. The molecule has 2 saturated carbocycles. The van der Waals surface area contributed by atoms with E-state index in [9.17, 15) is 19.2 Å². The molecule has 0 heterocycles. The van der Waals surface area contributed by atoms with Crippen LogP contribution in [0.3, 0.4) is 0 Å². The fraction of sp³-hybridized carbons (Fsp3) is 0.471. The highest BCUT2D eigenvalue weighted by Crippen LogP contribution is 2.63. The zero-order chi connectivity index (χ0) is 28.5. The van der Waals surface area contributed by atoms with E-state index < -0.39 is 5.41 Å². The number of ketones is 2. The Labute approximate surface area is 236 Å². The van der Waals surface area contributed by atoms with Gasteiger partial charge in [0.2, 0.25) is 0 Å². The highest BCUT2D eigenvalue weighted by molar-refractivity contribution is 6.08. The smallest absolute Gasteiger partial charge is 0.315 e. The molecule has 40 heavy (non-hydrogen) atoms. The van der Waals surface area contributed by atoms with Crippen molar-refractivity contribution >= 4 is 23.5 Å². The largest absolute Gasteiger partial charge is 0.468 e. The van der Waals surface area contributed by atoms with Crippen molar-refractivity contribution in [1.82, 2.24) is 0 Å². The minimum absolute atomic E-state index is 0.0234. The Hall–Kier alpha value is -3.54. The van der Waals surface area contributed by atoms with Crippen molar-refractivity contribution < 1.29 is 28.7 Å². The third-order valence-electron chi connectivity index (χ3n) is 9.83. The molecule has 210 valence electrons. The fourth-order valence-electron chi connectivity index (χ4n) is 7.59. The standard InChI is InChI=1S/C34H38O6/c1-22-27-16-20-34(32(38)39-3)19-15-26(35)21-29(34)33(27,2)18-17-28(22)40-30(36)14-11-23-9-12-25(13-10-23)31(37)24-7-5-4-6-8-24/h4-10,12-13,21-22,27-28H,11,14-20H2,1-3H3/t22-,27-,28+,33-,34-/m0/s1. The lowest BCUT2D eigenvalue weighted by Crippen LogP contribution is -2.55. The summed E-state index contributed by atoms with van der Waals surface area (Å²) in [5.41, 5.74) is 2.17. The van der Waals surface area contributed by atoms with Crippen molar-refractivity contribution in [2.75, 3.05) is 7.11 Å². The van der Waals surface area contributed by atoms with E-state index in [-0.39, 0.29) is 53.3 Å². The van der Waals surface area contributed by atoms with Crippen LogP contribution in [0.25, 0.3) is 0 Å². The third-order valence-corrected chi connectivity index (χ3v) is 9.83. The van der Waals surface area contributed by atoms with E-state index >= 15 is 0 Å². The molecule has 0 aliphatic heterocycles. The molecule has 3 aliphatic carbocycles. The summed E-state index contributed by atoms with van der Waals surface area (Å²) in [6.07, 6.45) is 6.18. The van der Waals surface area contributed by atoms with Crippen molar-refractivity contribution in [1.29, 1.82) is 0 Å². The number of methoxy groups -OCH3 is 1. The summed E-state index contributed by atoms with van der Waals surface area (Å²) in [6, 6.07) is 16.6. The van der Waals surface area contributed by atoms with Gasteiger partial charge in [0, 0.05) is 24.0 Å². The number of benzene rings is 2. The van der Waals surface area contributed by atoms with Crippen molar-refractivity contribution in [2.24, 2.45) is 22.7 Å². The van der Waals surface area contributed by atoms with Gasteiger partial charge in [-0.1, -0.05) is 68.4 Å². The van der Waals surface area contributed by atoms with Crippen LogP contribution in [0.1, 0.15) is 80.3 Å². The van der Waals surface area contributed by atoms with E-state index in [1.807, 2.05) is 42.5 Å². The normalized spacial score (nSPS) is 29.4. The van der Waals surface area contributed by atoms with Crippen molar-refractivity contribution in [3.8, 4) is 0 Å². The Balaban J connectivity index is 1.20. The minimum atomic E-state index is -0.710. The highest BCUT2D eigenvalue weighted by Gasteiger charge is 2.60. The van der Waals surface area contributed by atoms with E-state index in [1.54, 1.807) is 18.2 Å². The predicted octanol–water partition coefficient (Wildman–Crippen LogP) is 6.06. The number of carbonyl (C=O) groups excluding carboxylic acids is 4. The van der Waals surface area contributed by atoms with Gasteiger partial charge >= 0.3 is 11.9 Å². The number of hydrogen-bond donors (Lipinski definition) is 0. The molecule has 5 rings (SSSR count). The SMILES string of the molecule is COC(=O)[C@]12CCC(=O)C=C1[C@@]1(C)CC[C@@H](OC(=O)CCc3ccc(C(=O)c4ccccc4)cc3)[C@@H](C)[C@@H]1CC2. The van der Waals surface area contributed by atoms with Gasteiger partial charge in [0.05, 0.1) is 12.5 Å². The van der Waals surface area contributed by atoms with Crippen LogP contribution in [0.15, 0.2) is 66.2 Å². The number of aryl methyl sites for hydroxylation is 1. The van der Waals surface area contributed by atoms with Gasteiger partial charge in [0.1, 0.15) is 6.10 Å². The van der Waals surface area contributed by atoms with Gasteiger partial charge < -0.3 is 9.47 Å². The van der Waals surface area contributed by atoms with Crippen LogP contribution >= 0.6 is 0 Å². The van der Waals surface area contributed by atoms with Crippen LogP contribution in [0.4, 0.5) is 0 Å². The molecule has 0 amide bonds. The number of ether oxygens (including phenoxy) is 2. The quantitative estimate of drug-likeness (QED) is 0.312. The average molecular weight is 543 g/mol. The number of carbonyl (C=O) groups is 4. The Morgan fingerprint density at radius 1 is 0.925 bits per heavy atom. The first-order chi connectivity index (χ1) is 19.2. The number of hydrogen-bond acceptors (Lipinski definition) is 6. The highest BCUT2D eigenvalue weighted by atomic mass is 16.5. The number of rotatable bonds is 7. The van der Waals surface area contributed by atoms with Crippen molar-refractivity contribution in [3.63, 3.8) is 0 Å². The Morgan fingerprint density at radius 3 is 2.33 bits per heavy atom. The summed E-state index contributed by atoms with van der Waals surface area (Å²) in [5, 5.41) is 0. The summed E-state index contributed by atoms with van der Waals surface area (Å²) >= 11 is 0. The molecular weight excluding hydrogens is 504 g/mol. The molecule has 2 fully saturated rings. The summed E-state index contributed by atoms with van der Waals surface area (Å²) in [5.74, 6) is -0.0793. The second-order valence-corrected chi connectivity index (χ2v) is 12.0. The molecule has 0 aromatic heterocycles. The molecule has 0 N–H and O–H groups in total. The zero-order valence-electron chi connectivity index (χ0n) is 23.6. The minimum Gasteiger partial charge on any atom is -0.468 e. The number of fused-ring (bicyclic) bond motifs is 3. The Bertz CT molecular complexity index is 1330. The average Bonchev–Trinajstić information content (AvgIpc) is 2.98. The topological polar surface area (TPSA) is 86.7 Å².